The van der Waals surface area contributed by atoms with Gasteiger partial charge in [0.05, 0.1) is 6.04 Å². The molecule has 2 aromatic rings. The fraction of sp³-hybridized carbons (Fsp3) is 0.640. The molecule has 1 aromatic heterocycles. The van der Waals surface area contributed by atoms with Crippen LogP contribution in [-0.2, 0) is 4.79 Å². The Morgan fingerprint density at radius 3 is 2.36 bits per heavy atom. The molecule has 1 aliphatic carbocycles. The number of alkyl halides is 2. The summed E-state index contributed by atoms with van der Waals surface area (Å²) in [5, 5.41) is 11.5. The standard InChI is InChI=1S/C25H33F2N5O/c1-17-30-28-16-32(17)22-13-20-7-8-21(14-22)31(20)15-23(18-5-3-2-4-6-18)29-24(33)19-9-11-25(26,27)12-10-19/h2-6,16,19-23H,7-15H2,1H3,(H,29,33)/t20?,21?,22?,23-/m0/s1. The average molecular weight is 458 g/mol. The molecule has 178 valence electrons. The molecule has 1 N–H and O–H groups in total. The first kappa shape index (κ1) is 22.4. The van der Waals surface area contributed by atoms with Crippen LogP contribution in [0.15, 0.2) is 36.7 Å². The van der Waals surface area contributed by atoms with Gasteiger partial charge in [0.15, 0.2) is 0 Å². The summed E-state index contributed by atoms with van der Waals surface area (Å²) in [5.41, 5.74) is 1.07. The Hall–Kier alpha value is -2.35. The number of halogens is 2. The molecule has 2 aliphatic heterocycles. The lowest BCUT2D eigenvalue weighted by molar-refractivity contribution is -0.130. The zero-order chi connectivity index (χ0) is 23.0. The van der Waals surface area contributed by atoms with Crippen LogP contribution in [-0.4, -0.2) is 50.1 Å². The number of nitrogens with one attached hydrogen (secondary N) is 1. The number of nitrogens with zero attached hydrogens (tertiary/aromatic N) is 4. The van der Waals surface area contributed by atoms with Gasteiger partial charge in [-0.3, -0.25) is 9.69 Å². The van der Waals surface area contributed by atoms with Crippen LogP contribution in [0.1, 0.15) is 74.8 Å². The Labute approximate surface area is 193 Å². The molecule has 3 atom stereocenters. The van der Waals surface area contributed by atoms with Crippen LogP contribution in [0.25, 0.3) is 0 Å². The van der Waals surface area contributed by atoms with Gasteiger partial charge >= 0.3 is 0 Å². The molecule has 0 spiro atoms. The van der Waals surface area contributed by atoms with Crippen molar-refractivity contribution < 1.29 is 13.6 Å². The first-order valence-corrected chi connectivity index (χ1v) is 12.2. The van der Waals surface area contributed by atoms with E-state index in [4.69, 9.17) is 0 Å². The van der Waals surface area contributed by atoms with Crippen molar-refractivity contribution in [2.75, 3.05) is 6.54 Å². The van der Waals surface area contributed by atoms with Gasteiger partial charge in [-0.2, -0.15) is 0 Å². The molecule has 3 heterocycles. The number of piperidine rings is 1. The fourth-order valence-corrected chi connectivity index (χ4v) is 6.15. The Bertz CT molecular complexity index is 941. The highest BCUT2D eigenvalue weighted by molar-refractivity contribution is 5.79. The molecule has 6 nitrogen and oxygen atoms in total. The van der Waals surface area contributed by atoms with E-state index in [1.807, 2.05) is 31.5 Å². The van der Waals surface area contributed by atoms with Crippen LogP contribution in [0.4, 0.5) is 8.78 Å². The third-order valence-electron chi connectivity index (χ3n) is 8.00. The van der Waals surface area contributed by atoms with E-state index in [1.54, 1.807) is 0 Å². The maximum Gasteiger partial charge on any atom is 0.248 e. The topological polar surface area (TPSA) is 63.1 Å². The lowest BCUT2D eigenvalue weighted by Crippen LogP contribution is -2.48. The highest BCUT2D eigenvalue weighted by Gasteiger charge is 2.43. The van der Waals surface area contributed by atoms with Gasteiger partial charge < -0.3 is 9.88 Å². The molecule has 1 saturated carbocycles. The second kappa shape index (κ2) is 9.12. The Balaban J connectivity index is 1.28. The number of hydrogen-bond acceptors (Lipinski definition) is 4. The molecule has 1 aromatic carbocycles. The lowest BCUT2D eigenvalue weighted by Gasteiger charge is -2.41. The first-order chi connectivity index (χ1) is 15.9. The lowest BCUT2D eigenvalue weighted by atomic mass is 9.86. The highest BCUT2D eigenvalue weighted by atomic mass is 19.3. The summed E-state index contributed by atoms with van der Waals surface area (Å²) in [6, 6.07) is 11.3. The Morgan fingerprint density at radius 2 is 1.76 bits per heavy atom. The smallest absolute Gasteiger partial charge is 0.248 e. The van der Waals surface area contributed by atoms with E-state index in [0.29, 0.717) is 18.1 Å². The number of benzene rings is 1. The molecule has 33 heavy (non-hydrogen) atoms. The number of hydrogen-bond donors (Lipinski definition) is 1. The number of carbonyl (C=O) groups excluding carboxylic acids is 1. The van der Waals surface area contributed by atoms with Gasteiger partial charge in [0.25, 0.3) is 0 Å². The number of carbonyl (C=O) groups is 1. The zero-order valence-corrected chi connectivity index (χ0v) is 19.2. The summed E-state index contributed by atoms with van der Waals surface area (Å²) in [5.74, 6) is -2.07. The predicted octanol–water partition coefficient (Wildman–Crippen LogP) is 4.44. The molecule has 2 saturated heterocycles. The normalized spacial score (nSPS) is 28.5. The molecule has 5 rings (SSSR count). The van der Waals surface area contributed by atoms with E-state index in [9.17, 15) is 13.6 Å². The molecule has 3 fully saturated rings. The Morgan fingerprint density at radius 1 is 1.09 bits per heavy atom. The fourth-order valence-electron chi connectivity index (χ4n) is 6.15. The van der Waals surface area contributed by atoms with Crippen molar-refractivity contribution in [1.82, 2.24) is 25.0 Å². The van der Waals surface area contributed by atoms with E-state index in [1.165, 1.54) is 0 Å². The van der Waals surface area contributed by atoms with Gasteiger partial charge in [-0.05, 0) is 51.0 Å². The second-order valence-corrected chi connectivity index (χ2v) is 10.1. The van der Waals surface area contributed by atoms with Crippen LogP contribution in [0.3, 0.4) is 0 Å². The maximum absolute atomic E-state index is 13.6. The van der Waals surface area contributed by atoms with Crippen LogP contribution >= 0.6 is 0 Å². The minimum atomic E-state index is -2.62. The quantitative estimate of drug-likeness (QED) is 0.697. The summed E-state index contributed by atoms with van der Waals surface area (Å²) in [6.45, 7) is 2.76. The maximum atomic E-state index is 13.6. The molecular formula is C25H33F2N5O. The summed E-state index contributed by atoms with van der Waals surface area (Å²) < 4.78 is 29.4. The van der Waals surface area contributed by atoms with Crippen molar-refractivity contribution in [1.29, 1.82) is 0 Å². The van der Waals surface area contributed by atoms with Gasteiger partial charge in [0.1, 0.15) is 12.2 Å². The summed E-state index contributed by atoms with van der Waals surface area (Å²) in [6.07, 6.45) is 6.42. The monoisotopic (exact) mass is 457 g/mol. The van der Waals surface area contributed by atoms with Gasteiger partial charge in [0, 0.05) is 43.4 Å². The highest BCUT2D eigenvalue weighted by Crippen LogP contribution is 2.42. The van der Waals surface area contributed by atoms with E-state index in [0.717, 1.165) is 43.6 Å². The molecule has 3 aliphatic rings. The molecular weight excluding hydrogens is 424 g/mol. The summed E-state index contributed by atoms with van der Waals surface area (Å²) in [7, 11) is 0. The molecule has 0 radical (unpaired) electrons. The molecule has 2 bridgehead atoms. The minimum Gasteiger partial charge on any atom is -0.348 e. The van der Waals surface area contributed by atoms with Gasteiger partial charge in [-0.1, -0.05) is 30.3 Å². The van der Waals surface area contributed by atoms with Crippen LogP contribution in [0.5, 0.6) is 0 Å². The molecule has 1 amide bonds. The minimum absolute atomic E-state index is 0.0818. The first-order valence-electron chi connectivity index (χ1n) is 12.2. The molecule has 2 unspecified atom stereocenters. The SMILES string of the molecule is Cc1nncn1C1CC2CCC(C1)N2C[C@H](NC(=O)C1CCC(F)(F)CC1)c1ccccc1. The van der Waals surface area contributed by atoms with Crippen molar-refractivity contribution >= 4 is 5.91 Å². The van der Waals surface area contributed by atoms with Crippen molar-refractivity contribution in [2.24, 2.45) is 5.92 Å². The number of aromatic nitrogens is 3. The van der Waals surface area contributed by atoms with E-state index >= 15 is 0 Å². The average Bonchev–Trinajstić information content (AvgIpc) is 3.32. The van der Waals surface area contributed by atoms with Crippen molar-refractivity contribution in [3.05, 3.63) is 48.0 Å². The predicted molar refractivity (Wildman–Crippen MR) is 121 cm³/mol. The zero-order valence-electron chi connectivity index (χ0n) is 19.2. The summed E-state index contributed by atoms with van der Waals surface area (Å²) >= 11 is 0. The number of rotatable bonds is 6. The number of amides is 1. The third-order valence-corrected chi connectivity index (χ3v) is 8.00. The van der Waals surface area contributed by atoms with Crippen molar-refractivity contribution in [2.45, 2.75) is 88.4 Å². The van der Waals surface area contributed by atoms with Crippen LogP contribution < -0.4 is 5.32 Å². The number of fused-ring (bicyclic) bond motifs is 2. The number of aryl methyl sites for hydroxylation is 1. The van der Waals surface area contributed by atoms with Gasteiger partial charge in [-0.25, -0.2) is 8.78 Å². The van der Waals surface area contributed by atoms with Crippen molar-refractivity contribution in [3.63, 3.8) is 0 Å². The van der Waals surface area contributed by atoms with Gasteiger partial charge in [0.2, 0.25) is 11.8 Å². The largest absolute Gasteiger partial charge is 0.348 e. The van der Waals surface area contributed by atoms with Gasteiger partial charge in [-0.15, -0.1) is 10.2 Å². The second-order valence-electron chi connectivity index (χ2n) is 10.1. The van der Waals surface area contributed by atoms with Crippen molar-refractivity contribution in [3.8, 4) is 0 Å². The van der Waals surface area contributed by atoms with E-state index < -0.39 is 5.92 Å². The Kier molecular flexibility index (Phi) is 6.20. The van der Waals surface area contributed by atoms with E-state index in [-0.39, 0.29) is 43.6 Å². The summed E-state index contributed by atoms with van der Waals surface area (Å²) in [4.78, 5) is 15.6. The van der Waals surface area contributed by atoms with Crippen LogP contribution in [0.2, 0.25) is 0 Å². The third kappa shape index (κ3) is 4.81. The van der Waals surface area contributed by atoms with E-state index in [2.05, 4.69) is 37.1 Å². The molecule has 8 heteroatoms. The van der Waals surface area contributed by atoms with Crippen LogP contribution in [0, 0.1) is 12.8 Å².